The van der Waals surface area contributed by atoms with E-state index in [4.69, 9.17) is 18.0 Å². The van der Waals surface area contributed by atoms with Crippen LogP contribution in [-0.2, 0) is 0 Å². The average Bonchev–Trinajstić information content (AvgIpc) is 2.38. The number of likely N-dealkylation sites (tertiary alicyclic amines) is 1. The van der Waals surface area contributed by atoms with Gasteiger partial charge in [-0.05, 0) is 40.9 Å². The number of aromatic nitrogens is 1. The molecule has 1 saturated heterocycles. The summed E-state index contributed by atoms with van der Waals surface area (Å²) in [4.78, 5) is 18.7. The second kappa shape index (κ2) is 5.75. The van der Waals surface area contributed by atoms with E-state index in [1.165, 1.54) is 0 Å². The molecule has 1 atom stereocenters. The van der Waals surface area contributed by atoms with E-state index in [2.05, 4.69) is 20.9 Å². The first kappa shape index (κ1) is 13.4. The number of carbonyl (C=O) groups is 1. The summed E-state index contributed by atoms with van der Waals surface area (Å²) in [5.74, 6) is 0.0589. The van der Waals surface area contributed by atoms with E-state index in [0.717, 1.165) is 19.4 Å². The predicted molar refractivity (Wildman–Crippen MR) is 77.3 cm³/mol. The first-order valence-electron chi connectivity index (χ1n) is 5.78. The zero-order valence-corrected chi connectivity index (χ0v) is 12.2. The van der Waals surface area contributed by atoms with E-state index >= 15 is 0 Å². The Kier molecular flexibility index (Phi) is 4.29. The Morgan fingerprint density at radius 1 is 1.61 bits per heavy atom. The molecule has 6 heteroatoms. The molecule has 1 amide bonds. The Balaban J connectivity index is 2.14. The molecular formula is C12H14BrN3OS. The van der Waals surface area contributed by atoms with Gasteiger partial charge in [-0.3, -0.25) is 4.79 Å². The first-order valence-corrected chi connectivity index (χ1v) is 6.99. The number of amides is 1. The Labute approximate surface area is 120 Å². The fraction of sp³-hybridized carbons (Fsp3) is 0.417. The number of hydrogen-bond acceptors (Lipinski definition) is 3. The van der Waals surface area contributed by atoms with Crippen LogP contribution in [0.1, 0.15) is 23.3 Å². The molecule has 18 heavy (non-hydrogen) atoms. The van der Waals surface area contributed by atoms with E-state index < -0.39 is 0 Å². The van der Waals surface area contributed by atoms with Crippen molar-refractivity contribution in [2.24, 2.45) is 11.7 Å². The second-order valence-corrected chi connectivity index (χ2v) is 5.65. The molecule has 1 fully saturated rings. The third-order valence-corrected chi connectivity index (χ3v) is 4.05. The maximum atomic E-state index is 12.3. The van der Waals surface area contributed by atoms with Crippen molar-refractivity contribution in [2.45, 2.75) is 12.8 Å². The molecule has 1 aromatic rings. The number of hydrogen-bond donors (Lipinski definition) is 1. The van der Waals surface area contributed by atoms with Crippen molar-refractivity contribution in [2.75, 3.05) is 13.1 Å². The highest BCUT2D eigenvalue weighted by Gasteiger charge is 2.27. The van der Waals surface area contributed by atoms with Crippen LogP contribution in [0.4, 0.5) is 0 Å². The lowest BCUT2D eigenvalue weighted by Gasteiger charge is -2.32. The third-order valence-electron chi connectivity index (χ3n) is 3.07. The SMILES string of the molecule is NC(=S)C1CCCN(C(=O)c2ncccc2Br)C1. The van der Waals surface area contributed by atoms with E-state index in [0.29, 0.717) is 21.7 Å². The number of carbonyl (C=O) groups excluding carboxylic acids is 1. The number of pyridine rings is 1. The normalized spacial score (nSPS) is 19.6. The standard InChI is InChI=1S/C12H14BrN3OS/c13-9-4-1-5-15-10(9)12(17)16-6-2-3-8(7-16)11(14)18/h1,4-5,8H,2-3,6-7H2,(H2,14,18). The van der Waals surface area contributed by atoms with Gasteiger partial charge in [0.05, 0.1) is 4.99 Å². The molecule has 0 spiro atoms. The van der Waals surface area contributed by atoms with Crippen molar-refractivity contribution >= 4 is 39.0 Å². The van der Waals surface area contributed by atoms with Gasteiger partial charge in [-0.1, -0.05) is 12.2 Å². The molecule has 0 aromatic carbocycles. The van der Waals surface area contributed by atoms with Crippen LogP contribution in [0.25, 0.3) is 0 Å². The van der Waals surface area contributed by atoms with Crippen LogP contribution in [0, 0.1) is 5.92 Å². The molecule has 0 saturated carbocycles. The number of thiocarbonyl (C=S) groups is 1. The fourth-order valence-electron chi connectivity index (χ4n) is 2.09. The summed E-state index contributed by atoms with van der Waals surface area (Å²) in [6.45, 7) is 1.33. The summed E-state index contributed by atoms with van der Waals surface area (Å²) in [6, 6.07) is 3.60. The summed E-state index contributed by atoms with van der Waals surface area (Å²) in [7, 11) is 0. The molecule has 2 rings (SSSR count). The van der Waals surface area contributed by atoms with Crippen molar-refractivity contribution in [3.8, 4) is 0 Å². The van der Waals surface area contributed by atoms with E-state index in [1.54, 1.807) is 17.2 Å². The number of halogens is 1. The zero-order valence-electron chi connectivity index (χ0n) is 9.80. The average molecular weight is 328 g/mol. The molecule has 1 unspecified atom stereocenters. The van der Waals surface area contributed by atoms with Crippen LogP contribution in [-0.4, -0.2) is 33.9 Å². The second-order valence-electron chi connectivity index (χ2n) is 4.33. The highest BCUT2D eigenvalue weighted by atomic mass is 79.9. The summed E-state index contributed by atoms with van der Waals surface area (Å²) in [5, 5.41) is 0. The van der Waals surface area contributed by atoms with Gasteiger partial charge in [0, 0.05) is 29.7 Å². The minimum absolute atomic E-state index is 0.0663. The Morgan fingerprint density at radius 3 is 3.06 bits per heavy atom. The van der Waals surface area contributed by atoms with Gasteiger partial charge >= 0.3 is 0 Å². The lowest BCUT2D eigenvalue weighted by molar-refractivity contribution is 0.0696. The molecule has 2 heterocycles. The highest BCUT2D eigenvalue weighted by Crippen LogP contribution is 2.21. The van der Waals surface area contributed by atoms with E-state index in [1.807, 2.05) is 6.07 Å². The van der Waals surface area contributed by atoms with Gasteiger partial charge in [-0.2, -0.15) is 0 Å². The quantitative estimate of drug-likeness (QED) is 0.844. The van der Waals surface area contributed by atoms with Gasteiger partial charge < -0.3 is 10.6 Å². The molecular weight excluding hydrogens is 314 g/mol. The van der Waals surface area contributed by atoms with Crippen molar-refractivity contribution in [1.29, 1.82) is 0 Å². The van der Waals surface area contributed by atoms with Crippen molar-refractivity contribution < 1.29 is 4.79 Å². The van der Waals surface area contributed by atoms with Gasteiger partial charge in [-0.15, -0.1) is 0 Å². The molecule has 0 bridgehead atoms. The van der Waals surface area contributed by atoms with Gasteiger partial charge in [-0.25, -0.2) is 4.98 Å². The molecule has 2 N–H and O–H groups in total. The van der Waals surface area contributed by atoms with Crippen molar-refractivity contribution in [3.05, 3.63) is 28.5 Å². The van der Waals surface area contributed by atoms with Crippen LogP contribution in [0.3, 0.4) is 0 Å². The molecule has 96 valence electrons. The number of rotatable bonds is 2. The van der Waals surface area contributed by atoms with Crippen LogP contribution in [0.15, 0.2) is 22.8 Å². The number of nitrogens with zero attached hydrogens (tertiary/aromatic N) is 2. The van der Waals surface area contributed by atoms with Gasteiger partial charge in [0.2, 0.25) is 0 Å². The van der Waals surface area contributed by atoms with Crippen LogP contribution < -0.4 is 5.73 Å². The van der Waals surface area contributed by atoms with E-state index in [-0.39, 0.29) is 11.8 Å². The summed E-state index contributed by atoms with van der Waals surface area (Å²) >= 11 is 8.36. The highest BCUT2D eigenvalue weighted by molar-refractivity contribution is 9.10. The van der Waals surface area contributed by atoms with Gasteiger partial charge in [0.1, 0.15) is 5.69 Å². The summed E-state index contributed by atoms with van der Waals surface area (Å²) < 4.78 is 0.715. The third kappa shape index (κ3) is 2.87. The minimum atomic E-state index is -0.0663. The maximum absolute atomic E-state index is 12.3. The van der Waals surface area contributed by atoms with Crippen LogP contribution >= 0.6 is 28.1 Å². The topological polar surface area (TPSA) is 59.2 Å². The van der Waals surface area contributed by atoms with Crippen molar-refractivity contribution in [3.63, 3.8) is 0 Å². The molecule has 1 aliphatic heterocycles. The smallest absolute Gasteiger partial charge is 0.273 e. The Morgan fingerprint density at radius 2 is 2.39 bits per heavy atom. The van der Waals surface area contributed by atoms with Gasteiger partial charge in [0.15, 0.2) is 0 Å². The summed E-state index contributed by atoms with van der Waals surface area (Å²) in [6.07, 6.45) is 3.51. The van der Waals surface area contributed by atoms with Gasteiger partial charge in [0.25, 0.3) is 5.91 Å². The molecule has 4 nitrogen and oxygen atoms in total. The monoisotopic (exact) mass is 327 g/mol. The Bertz CT molecular complexity index is 480. The first-order chi connectivity index (χ1) is 8.59. The molecule has 1 aromatic heterocycles. The lowest BCUT2D eigenvalue weighted by atomic mass is 9.98. The van der Waals surface area contributed by atoms with Crippen LogP contribution in [0.5, 0.6) is 0 Å². The zero-order chi connectivity index (χ0) is 13.1. The predicted octanol–water partition coefficient (Wildman–Crippen LogP) is 1.98. The maximum Gasteiger partial charge on any atom is 0.273 e. The molecule has 1 aliphatic rings. The molecule has 0 radical (unpaired) electrons. The fourth-order valence-corrected chi connectivity index (χ4v) is 2.70. The number of nitrogens with two attached hydrogens (primary N) is 1. The summed E-state index contributed by atoms with van der Waals surface area (Å²) in [5.41, 5.74) is 6.11. The van der Waals surface area contributed by atoms with Crippen molar-refractivity contribution in [1.82, 2.24) is 9.88 Å². The largest absolute Gasteiger partial charge is 0.393 e. The lowest BCUT2D eigenvalue weighted by Crippen LogP contribution is -2.43. The molecule has 0 aliphatic carbocycles. The Hall–Kier alpha value is -1.01. The van der Waals surface area contributed by atoms with Crippen LogP contribution in [0.2, 0.25) is 0 Å². The van der Waals surface area contributed by atoms with E-state index in [9.17, 15) is 4.79 Å². The number of piperidine rings is 1. The minimum Gasteiger partial charge on any atom is -0.393 e.